The van der Waals surface area contributed by atoms with E-state index in [1.807, 2.05) is 31.4 Å². The van der Waals surface area contributed by atoms with Crippen LogP contribution in [-0.2, 0) is 6.54 Å². The van der Waals surface area contributed by atoms with Gasteiger partial charge in [-0.15, -0.1) is 11.3 Å². The van der Waals surface area contributed by atoms with Crippen molar-refractivity contribution < 1.29 is 14.3 Å². The molecule has 142 valence electrons. The Bertz CT molecular complexity index is 1280. The third-order valence-electron chi connectivity index (χ3n) is 4.74. The molecular weight excluding hydrogens is 376 g/mol. The molecule has 4 rings (SSSR count). The van der Waals surface area contributed by atoms with Crippen molar-refractivity contribution in [2.24, 2.45) is 0 Å². The van der Waals surface area contributed by atoms with Crippen molar-refractivity contribution in [1.82, 2.24) is 9.55 Å². The summed E-state index contributed by atoms with van der Waals surface area (Å²) in [7, 11) is 0. The zero-order chi connectivity index (χ0) is 20.0. The van der Waals surface area contributed by atoms with Gasteiger partial charge >= 0.3 is 5.97 Å². The van der Waals surface area contributed by atoms with Crippen LogP contribution in [-0.4, -0.2) is 20.6 Å². The van der Waals surface area contributed by atoms with Crippen molar-refractivity contribution in [3.8, 4) is 11.1 Å². The number of thiophene rings is 1. The first kappa shape index (κ1) is 18.2. The maximum atomic E-state index is 13.3. The number of aromatic nitrogens is 2. The van der Waals surface area contributed by atoms with Crippen LogP contribution in [0.15, 0.2) is 44.9 Å². The minimum Gasteiger partial charge on any atom is -0.475 e. The van der Waals surface area contributed by atoms with Crippen molar-refractivity contribution in [1.29, 1.82) is 0 Å². The van der Waals surface area contributed by atoms with Crippen LogP contribution in [0.4, 0.5) is 0 Å². The van der Waals surface area contributed by atoms with Crippen molar-refractivity contribution >= 4 is 27.5 Å². The SMILES string of the molecule is Cc1ccc(-c2csc3nc(C)n(Cc4ccc(C(=O)O)o4)c(=O)c23)c(C)c1. The molecule has 0 saturated carbocycles. The summed E-state index contributed by atoms with van der Waals surface area (Å²) in [5, 5.41) is 11.6. The molecule has 0 amide bonds. The van der Waals surface area contributed by atoms with Crippen LogP contribution in [0.2, 0.25) is 0 Å². The van der Waals surface area contributed by atoms with Crippen LogP contribution in [0, 0.1) is 20.8 Å². The Balaban J connectivity index is 1.86. The largest absolute Gasteiger partial charge is 0.475 e. The zero-order valence-electron chi connectivity index (χ0n) is 15.6. The standard InChI is InChI=1S/C21H18N2O4S/c1-11-4-6-15(12(2)8-11)16-10-28-19-18(16)20(24)23(13(3)22-19)9-14-5-7-17(27-14)21(25)26/h4-8,10H,9H2,1-3H3,(H,25,26). The molecule has 0 fully saturated rings. The molecule has 4 aromatic rings. The highest BCUT2D eigenvalue weighted by atomic mass is 32.1. The van der Waals surface area contributed by atoms with E-state index in [0.717, 1.165) is 16.7 Å². The van der Waals surface area contributed by atoms with E-state index in [1.54, 1.807) is 13.0 Å². The van der Waals surface area contributed by atoms with Gasteiger partial charge in [-0.25, -0.2) is 9.78 Å². The van der Waals surface area contributed by atoms with Gasteiger partial charge in [0.05, 0.1) is 11.9 Å². The van der Waals surface area contributed by atoms with E-state index in [4.69, 9.17) is 9.52 Å². The molecule has 0 unspecified atom stereocenters. The van der Waals surface area contributed by atoms with Crippen molar-refractivity contribution in [3.63, 3.8) is 0 Å². The molecule has 3 heterocycles. The highest BCUT2D eigenvalue weighted by Crippen LogP contribution is 2.33. The van der Waals surface area contributed by atoms with Crippen molar-refractivity contribution in [2.75, 3.05) is 0 Å². The van der Waals surface area contributed by atoms with E-state index in [2.05, 4.69) is 11.1 Å². The maximum Gasteiger partial charge on any atom is 0.371 e. The number of fused-ring (bicyclic) bond motifs is 1. The lowest BCUT2D eigenvalue weighted by atomic mass is 9.99. The Kier molecular flexibility index (Phi) is 4.39. The minimum atomic E-state index is -1.14. The van der Waals surface area contributed by atoms with Gasteiger partial charge in [-0.2, -0.15) is 0 Å². The molecule has 0 bridgehead atoms. The van der Waals surface area contributed by atoms with E-state index in [1.165, 1.54) is 27.5 Å². The molecule has 0 radical (unpaired) electrons. The van der Waals surface area contributed by atoms with Gasteiger partial charge < -0.3 is 9.52 Å². The number of aromatic carboxylic acids is 1. The third kappa shape index (κ3) is 3.03. The summed E-state index contributed by atoms with van der Waals surface area (Å²) in [6.45, 7) is 5.96. The van der Waals surface area contributed by atoms with Crippen LogP contribution in [0.3, 0.4) is 0 Å². The van der Waals surface area contributed by atoms with E-state index >= 15 is 0 Å². The predicted molar refractivity (Wildman–Crippen MR) is 108 cm³/mol. The van der Waals surface area contributed by atoms with Gasteiger partial charge in [0.2, 0.25) is 5.76 Å². The predicted octanol–water partition coefficient (Wildman–Crippen LogP) is 4.39. The number of furan rings is 1. The van der Waals surface area contributed by atoms with Gasteiger partial charge in [0.1, 0.15) is 16.4 Å². The molecule has 7 heteroatoms. The van der Waals surface area contributed by atoms with Gasteiger partial charge in [-0.1, -0.05) is 23.8 Å². The van der Waals surface area contributed by atoms with E-state index in [0.29, 0.717) is 21.8 Å². The third-order valence-corrected chi connectivity index (χ3v) is 5.62. The summed E-state index contributed by atoms with van der Waals surface area (Å²) in [4.78, 5) is 29.6. The Morgan fingerprint density at radius 3 is 2.64 bits per heavy atom. The molecule has 0 aliphatic rings. The van der Waals surface area contributed by atoms with Crippen LogP contribution >= 0.6 is 11.3 Å². The number of carboxylic acid groups (broad SMARTS) is 1. The second-order valence-electron chi connectivity index (χ2n) is 6.77. The molecule has 3 aromatic heterocycles. The number of carbonyl (C=O) groups is 1. The van der Waals surface area contributed by atoms with Gasteiger partial charge in [0.15, 0.2) is 0 Å². The lowest BCUT2D eigenvalue weighted by Gasteiger charge is -2.10. The zero-order valence-corrected chi connectivity index (χ0v) is 16.5. The summed E-state index contributed by atoms with van der Waals surface area (Å²) in [5.74, 6) is -0.341. The molecule has 28 heavy (non-hydrogen) atoms. The number of benzene rings is 1. The van der Waals surface area contributed by atoms with Crippen LogP contribution in [0.5, 0.6) is 0 Å². The van der Waals surface area contributed by atoms with E-state index in [9.17, 15) is 9.59 Å². The quantitative estimate of drug-likeness (QED) is 0.555. The average molecular weight is 394 g/mol. The highest BCUT2D eigenvalue weighted by Gasteiger charge is 2.18. The molecule has 6 nitrogen and oxygen atoms in total. The van der Waals surface area contributed by atoms with Gasteiger partial charge in [-0.3, -0.25) is 9.36 Å². The minimum absolute atomic E-state index is 0.128. The fraction of sp³-hybridized carbons (Fsp3) is 0.190. The van der Waals surface area contributed by atoms with Crippen LogP contribution < -0.4 is 5.56 Å². The van der Waals surface area contributed by atoms with Crippen LogP contribution in [0.1, 0.15) is 33.3 Å². The number of aryl methyl sites for hydroxylation is 3. The second kappa shape index (κ2) is 6.76. The normalized spacial score (nSPS) is 11.2. The number of hydrogen-bond acceptors (Lipinski definition) is 5. The smallest absolute Gasteiger partial charge is 0.371 e. The Morgan fingerprint density at radius 1 is 1.18 bits per heavy atom. The summed E-state index contributed by atoms with van der Waals surface area (Å²) >= 11 is 1.45. The lowest BCUT2D eigenvalue weighted by molar-refractivity contribution is 0.0660. The molecule has 0 spiro atoms. The average Bonchev–Trinajstić information content (AvgIpc) is 3.26. The van der Waals surface area contributed by atoms with Gasteiger partial charge in [0.25, 0.3) is 5.56 Å². The fourth-order valence-electron chi connectivity index (χ4n) is 3.36. The van der Waals surface area contributed by atoms with Gasteiger partial charge in [0, 0.05) is 10.9 Å². The fourth-order valence-corrected chi connectivity index (χ4v) is 4.33. The summed E-state index contributed by atoms with van der Waals surface area (Å²) in [6.07, 6.45) is 0. The van der Waals surface area contributed by atoms with Crippen molar-refractivity contribution in [3.05, 3.63) is 74.5 Å². The number of hydrogen-bond donors (Lipinski definition) is 1. The van der Waals surface area contributed by atoms with E-state index in [-0.39, 0.29) is 17.9 Å². The molecule has 0 aliphatic carbocycles. The second-order valence-corrected chi connectivity index (χ2v) is 7.63. The first-order valence-electron chi connectivity index (χ1n) is 8.73. The Morgan fingerprint density at radius 2 is 1.96 bits per heavy atom. The number of carboxylic acids is 1. The molecule has 1 N–H and O–H groups in total. The topological polar surface area (TPSA) is 85.3 Å². The van der Waals surface area contributed by atoms with Crippen LogP contribution in [0.25, 0.3) is 21.3 Å². The molecule has 1 aromatic carbocycles. The summed E-state index contributed by atoms with van der Waals surface area (Å²) in [5.41, 5.74) is 3.99. The monoisotopic (exact) mass is 394 g/mol. The highest BCUT2D eigenvalue weighted by molar-refractivity contribution is 7.17. The van der Waals surface area contributed by atoms with Crippen molar-refractivity contribution in [2.45, 2.75) is 27.3 Å². The molecule has 0 saturated heterocycles. The van der Waals surface area contributed by atoms with E-state index < -0.39 is 5.97 Å². The number of nitrogens with zero attached hydrogens (tertiary/aromatic N) is 2. The molecule has 0 aliphatic heterocycles. The Hall–Kier alpha value is -3.19. The first-order chi connectivity index (χ1) is 13.3. The molecular formula is C21H18N2O4S. The molecule has 0 atom stereocenters. The summed E-state index contributed by atoms with van der Waals surface area (Å²) in [6, 6.07) is 9.10. The van der Waals surface area contributed by atoms with Gasteiger partial charge in [-0.05, 0) is 44.0 Å². The number of rotatable bonds is 4. The maximum absolute atomic E-state index is 13.3. The first-order valence-corrected chi connectivity index (χ1v) is 9.61. The summed E-state index contributed by atoms with van der Waals surface area (Å²) < 4.78 is 6.84. The lowest BCUT2D eigenvalue weighted by Crippen LogP contribution is -2.24. The Labute approximate surface area is 164 Å².